The SMILES string of the molecule is B[PH](O)(OC[C@H]1O[C@@H](n2cnc(N)nc2=O)C[C@H]1O)O[C@@H]1C[C@H](n2cnc3c(=O)[nH]c(N)nc32)O[C@@H]1CO. The molecule has 0 aromatic carbocycles. The number of aromatic nitrogens is 7. The monoisotopic (exact) mass is 555 g/mol. The van der Waals surface area contributed by atoms with Crippen LogP contribution >= 0.6 is 7.82 Å². The van der Waals surface area contributed by atoms with E-state index in [4.69, 9.17) is 30.0 Å². The number of imidazole rings is 1. The van der Waals surface area contributed by atoms with Gasteiger partial charge in [-0.15, -0.1) is 0 Å². The Balaban J connectivity index is 1.22. The number of aliphatic hydroxyl groups is 2. The second-order valence-corrected chi connectivity index (χ2v) is 11.3. The summed E-state index contributed by atoms with van der Waals surface area (Å²) in [4.78, 5) is 52.8. The van der Waals surface area contributed by atoms with Crippen LogP contribution in [0.5, 0.6) is 0 Å². The Bertz CT molecular complexity index is 1430. The van der Waals surface area contributed by atoms with Gasteiger partial charge in [0.05, 0.1) is 0 Å². The number of aromatic amines is 1. The third kappa shape index (κ3) is 5.27. The topological polar surface area (TPSA) is 261 Å². The van der Waals surface area contributed by atoms with Gasteiger partial charge in [-0.3, -0.25) is 0 Å². The second kappa shape index (κ2) is 10.3. The van der Waals surface area contributed by atoms with Gasteiger partial charge in [0.2, 0.25) is 0 Å². The molecule has 3 aromatic rings. The van der Waals surface area contributed by atoms with Gasteiger partial charge >= 0.3 is 214 Å². The van der Waals surface area contributed by atoms with E-state index < -0.39 is 62.5 Å². The number of ether oxygens (including phenoxy) is 2. The standard InChI is InChI=1S/C18H27BN9O9P/c19-38(33,34-4-10-7(30)1-11(36-10)28-6-23-16(20)26-18(28)32)37-8-2-12(35-9(8)3-29)27-5-22-13-14(27)24-17(21)25-15(13)31/h5-12,29-30,33,38H,1-4,19H2,(H2,20,26,32)(H3,21,24,25,31)/t7-,8-,9-,10-,11-,12-/m1/s1. The number of nitrogens with two attached hydrogens (primary N) is 2. The van der Waals surface area contributed by atoms with Crippen molar-refractivity contribution in [2.75, 3.05) is 24.7 Å². The van der Waals surface area contributed by atoms with Crippen molar-refractivity contribution in [1.29, 1.82) is 0 Å². The molecular formula is C18H27BN9O9P. The number of nitrogens with one attached hydrogen (secondary N) is 1. The van der Waals surface area contributed by atoms with Crippen LogP contribution in [0.2, 0.25) is 0 Å². The molecule has 5 heterocycles. The first-order valence-electron chi connectivity index (χ1n) is 11.6. The number of H-pyrrole nitrogens is 1. The van der Waals surface area contributed by atoms with Crippen molar-refractivity contribution in [2.45, 2.75) is 49.7 Å². The zero-order valence-corrected chi connectivity index (χ0v) is 21.1. The van der Waals surface area contributed by atoms with Crippen LogP contribution in [0.4, 0.5) is 11.9 Å². The van der Waals surface area contributed by atoms with Crippen LogP contribution < -0.4 is 22.7 Å². The summed E-state index contributed by atoms with van der Waals surface area (Å²) in [6.45, 7) is -0.653. The minimum atomic E-state index is -3.84. The number of hydrogen-bond acceptors (Lipinski definition) is 15. The van der Waals surface area contributed by atoms with E-state index in [2.05, 4.69) is 24.9 Å². The van der Waals surface area contributed by atoms with E-state index in [-0.39, 0.29) is 42.5 Å². The van der Waals surface area contributed by atoms with E-state index in [1.54, 1.807) is 0 Å². The van der Waals surface area contributed by atoms with Crippen LogP contribution in [0.15, 0.2) is 22.2 Å². The van der Waals surface area contributed by atoms with E-state index in [1.165, 1.54) is 24.8 Å². The fraction of sp³-hybridized carbons (Fsp3) is 0.556. The molecular weight excluding hydrogens is 528 g/mol. The fourth-order valence-electron chi connectivity index (χ4n) is 4.45. The molecule has 2 fully saturated rings. The average molecular weight is 555 g/mol. The molecule has 206 valence electrons. The van der Waals surface area contributed by atoms with Crippen molar-refractivity contribution in [3.8, 4) is 0 Å². The number of fused-ring (bicyclic) bond motifs is 1. The number of hydrogen-bond donors (Lipinski definition) is 6. The van der Waals surface area contributed by atoms with E-state index >= 15 is 0 Å². The summed E-state index contributed by atoms with van der Waals surface area (Å²) in [6, 6.07) is 0. The van der Waals surface area contributed by atoms with Crippen molar-refractivity contribution in [3.05, 3.63) is 33.5 Å². The molecule has 0 unspecified atom stereocenters. The Morgan fingerprint density at radius 3 is 2.58 bits per heavy atom. The van der Waals surface area contributed by atoms with Crippen LogP contribution in [0.3, 0.4) is 0 Å². The quantitative estimate of drug-likeness (QED) is 0.115. The van der Waals surface area contributed by atoms with Crippen molar-refractivity contribution >= 4 is 38.4 Å². The van der Waals surface area contributed by atoms with E-state index in [0.717, 1.165) is 4.57 Å². The Morgan fingerprint density at radius 1 is 1.13 bits per heavy atom. The van der Waals surface area contributed by atoms with Crippen LogP contribution in [0.1, 0.15) is 25.3 Å². The van der Waals surface area contributed by atoms with E-state index in [1.807, 2.05) is 0 Å². The van der Waals surface area contributed by atoms with Gasteiger partial charge in [0.15, 0.2) is 0 Å². The molecule has 6 atom stereocenters. The number of anilines is 2. The summed E-state index contributed by atoms with van der Waals surface area (Å²) in [6.07, 6.45) is -2.27. The van der Waals surface area contributed by atoms with Crippen molar-refractivity contribution in [3.63, 3.8) is 0 Å². The zero-order valence-electron chi connectivity index (χ0n) is 20.1. The third-order valence-corrected chi connectivity index (χ3v) is 7.71. The summed E-state index contributed by atoms with van der Waals surface area (Å²) in [7, 11) is -2.46. The predicted octanol–water partition coefficient (Wildman–Crippen LogP) is -3.70. The van der Waals surface area contributed by atoms with Crippen LogP contribution in [-0.2, 0) is 18.5 Å². The molecule has 18 nitrogen and oxygen atoms in total. The number of nitrogens with zero attached hydrogens (tertiary/aromatic N) is 6. The Hall–Kier alpha value is -3.03. The van der Waals surface area contributed by atoms with Crippen molar-refractivity contribution in [2.24, 2.45) is 0 Å². The summed E-state index contributed by atoms with van der Waals surface area (Å²) in [5.41, 5.74) is 10.1. The first-order valence-corrected chi connectivity index (χ1v) is 13.9. The Morgan fingerprint density at radius 2 is 1.84 bits per heavy atom. The molecule has 2 aliphatic heterocycles. The first kappa shape index (κ1) is 26.6. The summed E-state index contributed by atoms with van der Waals surface area (Å²) in [5.74, 6) is -0.275. The summed E-state index contributed by atoms with van der Waals surface area (Å²) in [5, 5.41) is 20.2. The van der Waals surface area contributed by atoms with Crippen LogP contribution in [0.25, 0.3) is 11.2 Å². The number of rotatable bonds is 8. The van der Waals surface area contributed by atoms with Gasteiger partial charge in [0.25, 0.3) is 0 Å². The van der Waals surface area contributed by atoms with Crippen LogP contribution in [0, 0.1) is 0 Å². The average Bonchev–Trinajstić information content (AvgIpc) is 3.54. The van der Waals surface area contributed by atoms with Crippen LogP contribution in [-0.4, -0.2) is 94.4 Å². The maximum atomic E-state index is 12.1. The van der Waals surface area contributed by atoms with E-state index in [0.29, 0.717) is 0 Å². The number of nitrogen functional groups attached to an aromatic ring is 2. The molecule has 0 amide bonds. The van der Waals surface area contributed by atoms with Gasteiger partial charge in [-0.1, -0.05) is 0 Å². The molecule has 8 N–H and O–H groups in total. The second-order valence-electron chi connectivity index (χ2n) is 9.02. The Kier molecular flexibility index (Phi) is 7.18. The molecule has 0 spiro atoms. The molecule has 0 saturated carbocycles. The number of aliphatic hydroxyl groups excluding tert-OH is 2. The normalized spacial score (nSPS) is 28.3. The zero-order chi connectivity index (χ0) is 27.2. The molecule has 0 aliphatic carbocycles. The van der Waals surface area contributed by atoms with Gasteiger partial charge in [0, 0.05) is 0 Å². The summed E-state index contributed by atoms with van der Waals surface area (Å²) >= 11 is 0. The van der Waals surface area contributed by atoms with Gasteiger partial charge in [-0.25, -0.2) is 0 Å². The van der Waals surface area contributed by atoms with Crippen molar-refractivity contribution < 1.29 is 33.6 Å². The van der Waals surface area contributed by atoms with E-state index in [9.17, 15) is 24.7 Å². The molecule has 2 aliphatic rings. The molecule has 20 heteroatoms. The molecule has 5 rings (SSSR count). The molecule has 38 heavy (non-hydrogen) atoms. The first-order chi connectivity index (χ1) is 18.0. The predicted molar refractivity (Wildman–Crippen MR) is 133 cm³/mol. The van der Waals surface area contributed by atoms with Gasteiger partial charge in [-0.05, 0) is 0 Å². The Labute approximate surface area is 214 Å². The molecule has 2 saturated heterocycles. The molecule has 0 radical (unpaired) electrons. The third-order valence-electron chi connectivity index (χ3n) is 6.27. The van der Waals surface area contributed by atoms with Gasteiger partial charge < -0.3 is 0 Å². The van der Waals surface area contributed by atoms with Crippen molar-refractivity contribution in [1.82, 2.24) is 34.1 Å². The minimum absolute atomic E-state index is 0.0662. The van der Waals surface area contributed by atoms with Gasteiger partial charge in [-0.2, -0.15) is 0 Å². The maximum absolute atomic E-state index is 12.1. The molecule has 0 bridgehead atoms. The fourth-order valence-corrected chi connectivity index (χ4v) is 5.80. The summed E-state index contributed by atoms with van der Waals surface area (Å²) < 4.78 is 25.6. The van der Waals surface area contributed by atoms with Gasteiger partial charge in [0.1, 0.15) is 0 Å². The molecule has 3 aromatic heterocycles.